The van der Waals surface area contributed by atoms with Crippen LogP contribution in [-0.4, -0.2) is 53.0 Å². The molecule has 1 saturated heterocycles. The number of fused-ring (bicyclic) bond motifs is 1. The van der Waals surface area contributed by atoms with Crippen LogP contribution in [0.25, 0.3) is 5.65 Å². The highest BCUT2D eigenvalue weighted by Gasteiger charge is 2.26. The molecular weight excluding hydrogens is 336 g/mol. The minimum absolute atomic E-state index is 0.487. The van der Waals surface area contributed by atoms with Crippen molar-refractivity contribution < 1.29 is 0 Å². The van der Waals surface area contributed by atoms with Gasteiger partial charge in [0.2, 0.25) is 0 Å². The van der Waals surface area contributed by atoms with Crippen LogP contribution in [0.5, 0.6) is 0 Å². The van der Waals surface area contributed by atoms with Crippen molar-refractivity contribution in [1.29, 1.82) is 0 Å². The zero-order chi connectivity index (χ0) is 18.6. The predicted octanol–water partition coefficient (Wildman–Crippen LogP) is 2.57. The minimum atomic E-state index is 0.487. The maximum Gasteiger partial charge on any atom is 0.191 e. The molecule has 2 aromatic heterocycles. The highest BCUT2D eigenvalue weighted by molar-refractivity contribution is 5.80. The van der Waals surface area contributed by atoms with E-state index in [0.717, 1.165) is 29.8 Å². The first-order valence-electron chi connectivity index (χ1n) is 10.3. The molecule has 1 saturated carbocycles. The number of hydrogen-bond acceptors (Lipinski definition) is 3. The number of nitrogens with one attached hydrogen (secondary N) is 2. The van der Waals surface area contributed by atoms with E-state index in [1.807, 2.05) is 19.2 Å². The van der Waals surface area contributed by atoms with Gasteiger partial charge < -0.3 is 19.9 Å². The van der Waals surface area contributed by atoms with Gasteiger partial charge in [-0.2, -0.15) is 0 Å². The van der Waals surface area contributed by atoms with Crippen LogP contribution < -0.4 is 10.6 Å². The van der Waals surface area contributed by atoms with E-state index in [4.69, 9.17) is 4.98 Å². The second-order valence-electron chi connectivity index (χ2n) is 8.09. The molecule has 6 nitrogen and oxygen atoms in total. The second-order valence-corrected chi connectivity index (χ2v) is 8.09. The first-order valence-corrected chi connectivity index (χ1v) is 10.3. The van der Waals surface area contributed by atoms with E-state index in [9.17, 15) is 0 Å². The zero-order valence-electron chi connectivity index (χ0n) is 16.6. The van der Waals surface area contributed by atoms with E-state index >= 15 is 0 Å². The summed E-state index contributed by atoms with van der Waals surface area (Å²) >= 11 is 0. The van der Waals surface area contributed by atoms with Gasteiger partial charge in [0.15, 0.2) is 5.96 Å². The van der Waals surface area contributed by atoms with Crippen molar-refractivity contribution in [2.75, 3.05) is 26.7 Å². The summed E-state index contributed by atoms with van der Waals surface area (Å²) in [5, 5.41) is 7.02. The molecule has 146 valence electrons. The molecular formula is C21H32N6. The fraction of sp³-hybridized carbons (Fsp3) is 0.619. The fourth-order valence-electron chi connectivity index (χ4n) is 4.52. The van der Waals surface area contributed by atoms with Crippen molar-refractivity contribution in [2.24, 2.45) is 10.9 Å². The van der Waals surface area contributed by atoms with Gasteiger partial charge in [0.1, 0.15) is 5.65 Å². The van der Waals surface area contributed by atoms with Crippen LogP contribution in [0.2, 0.25) is 0 Å². The average molecular weight is 369 g/mol. The van der Waals surface area contributed by atoms with Crippen LogP contribution in [0.3, 0.4) is 0 Å². The zero-order valence-corrected chi connectivity index (χ0v) is 16.6. The van der Waals surface area contributed by atoms with Crippen LogP contribution in [-0.2, 0) is 6.54 Å². The Hall–Kier alpha value is -2.08. The van der Waals surface area contributed by atoms with Crippen LogP contribution in [0.4, 0.5) is 0 Å². The molecule has 0 bridgehead atoms. The normalized spacial score (nSPS) is 22.0. The molecule has 2 aliphatic rings. The summed E-state index contributed by atoms with van der Waals surface area (Å²) in [6.07, 6.45) is 9.01. The van der Waals surface area contributed by atoms with Crippen LogP contribution in [0.1, 0.15) is 43.5 Å². The Morgan fingerprint density at radius 1 is 1.26 bits per heavy atom. The molecule has 1 atom stereocenters. The van der Waals surface area contributed by atoms with Crippen molar-refractivity contribution in [3.05, 3.63) is 35.8 Å². The molecule has 1 unspecified atom stereocenters. The lowest BCUT2D eigenvalue weighted by Gasteiger charge is -2.21. The topological polar surface area (TPSA) is 57.0 Å². The Morgan fingerprint density at radius 3 is 2.89 bits per heavy atom. The Labute approximate surface area is 162 Å². The van der Waals surface area contributed by atoms with E-state index in [0.29, 0.717) is 12.6 Å². The van der Waals surface area contributed by atoms with E-state index < -0.39 is 0 Å². The van der Waals surface area contributed by atoms with Crippen molar-refractivity contribution in [1.82, 2.24) is 24.9 Å². The van der Waals surface area contributed by atoms with Crippen molar-refractivity contribution >= 4 is 11.6 Å². The number of rotatable bonds is 5. The third-order valence-electron chi connectivity index (χ3n) is 6.01. The van der Waals surface area contributed by atoms with E-state index in [2.05, 4.69) is 44.1 Å². The van der Waals surface area contributed by atoms with Gasteiger partial charge in [-0.15, -0.1) is 0 Å². The molecule has 1 aliphatic carbocycles. The third kappa shape index (κ3) is 4.43. The summed E-state index contributed by atoms with van der Waals surface area (Å²) in [7, 11) is 1.84. The Morgan fingerprint density at radius 2 is 2.11 bits per heavy atom. The lowest BCUT2D eigenvalue weighted by molar-refractivity contribution is 0.275. The number of aliphatic imine (C=N–C) groups is 1. The highest BCUT2D eigenvalue weighted by atomic mass is 15.2. The van der Waals surface area contributed by atoms with Crippen molar-refractivity contribution in [2.45, 2.75) is 51.6 Å². The predicted molar refractivity (Wildman–Crippen MR) is 110 cm³/mol. The van der Waals surface area contributed by atoms with Gasteiger partial charge in [0.05, 0.1) is 12.2 Å². The molecule has 6 heteroatoms. The molecule has 2 aromatic rings. The van der Waals surface area contributed by atoms with Gasteiger partial charge in [-0.1, -0.05) is 18.9 Å². The first kappa shape index (κ1) is 18.3. The second kappa shape index (κ2) is 8.30. The number of pyridine rings is 1. The molecule has 0 aromatic carbocycles. The smallest absolute Gasteiger partial charge is 0.191 e. The van der Waals surface area contributed by atoms with Gasteiger partial charge >= 0.3 is 0 Å². The number of aryl methyl sites for hydroxylation is 1. The van der Waals surface area contributed by atoms with Crippen molar-refractivity contribution in [3.8, 4) is 0 Å². The van der Waals surface area contributed by atoms with Gasteiger partial charge in [0, 0.05) is 44.6 Å². The molecule has 27 heavy (non-hydrogen) atoms. The molecule has 2 N–H and O–H groups in total. The van der Waals surface area contributed by atoms with Gasteiger partial charge in [-0.25, -0.2) is 4.98 Å². The number of guanidine groups is 1. The molecule has 1 aliphatic heterocycles. The van der Waals surface area contributed by atoms with E-state index in [-0.39, 0.29) is 0 Å². The summed E-state index contributed by atoms with van der Waals surface area (Å²) in [5.41, 5.74) is 3.22. The summed E-state index contributed by atoms with van der Waals surface area (Å²) in [4.78, 5) is 11.7. The third-order valence-corrected chi connectivity index (χ3v) is 6.01. The first-order chi connectivity index (χ1) is 13.2. The van der Waals surface area contributed by atoms with Gasteiger partial charge in [-0.3, -0.25) is 4.99 Å². The van der Waals surface area contributed by atoms with Gasteiger partial charge in [0.25, 0.3) is 0 Å². The van der Waals surface area contributed by atoms with Gasteiger partial charge in [-0.05, 0) is 44.2 Å². The summed E-state index contributed by atoms with van der Waals surface area (Å²) in [6.45, 7) is 6.40. The highest BCUT2D eigenvalue weighted by Crippen LogP contribution is 2.26. The molecule has 0 spiro atoms. The SMILES string of the molecule is CN=C(NCc1cn2c(C)cccc2n1)NC1CCN(CC2CCCC2)C1. The van der Waals surface area contributed by atoms with Crippen LogP contribution in [0.15, 0.2) is 29.4 Å². The quantitative estimate of drug-likeness (QED) is 0.629. The maximum atomic E-state index is 4.69. The fourth-order valence-corrected chi connectivity index (χ4v) is 4.52. The summed E-state index contributed by atoms with van der Waals surface area (Å²) in [5.74, 6) is 1.80. The molecule has 3 heterocycles. The van der Waals surface area contributed by atoms with Crippen molar-refractivity contribution in [3.63, 3.8) is 0 Å². The summed E-state index contributed by atoms with van der Waals surface area (Å²) < 4.78 is 2.13. The lowest BCUT2D eigenvalue weighted by Crippen LogP contribution is -2.44. The number of imidazole rings is 1. The molecule has 0 radical (unpaired) electrons. The van der Waals surface area contributed by atoms with E-state index in [1.165, 1.54) is 50.9 Å². The Balaban J connectivity index is 1.27. The van der Waals surface area contributed by atoms with E-state index in [1.54, 1.807) is 0 Å². The molecule has 4 rings (SSSR count). The number of nitrogens with zero attached hydrogens (tertiary/aromatic N) is 4. The lowest BCUT2D eigenvalue weighted by atomic mass is 10.1. The van der Waals surface area contributed by atoms with Crippen LogP contribution in [0, 0.1) is 12.8 Å². The largest absolute Gasteiger partial charge is 0.352 e. The Kier molecular flexibility index (Phi) is 5.62. The number of hydrogen-bond donors (Lipinski definition) is 2. The maximum absolute atomic E-state index is 4.69. The van der Waals surface area contributed by atoms with Crippen LogP contribution >= 0.6 is 0 Å². The monoisotopic (exact) mass is 368 g/mol. The molecule has 0 amide bonds. The average Bonchev–Trinajstić information content (AvgIpc) is 3.40. The number of aromatic nitrogens is 2. The summed E-state index contributed by atoms with van der Waals surface area (Å²) in [6, 6.07) is 6.68. The number of likely N-dealkylation sites (tertiary alicyclic amines) is 1. The minimum Gasteiger partial charge on any atom is -0.352 e. The Bertz CT molecular complexity index is 789. The molecule has 2 fully saturated rings. The standard InChI is InChI=1S/C21H32N6/c1-16-6-5-9-20-24-19(15-27(16)20)12-23-21(22-2)25-18-10-11-26(14-18)13-17-7-3-4-8-17/h5-6,9,15,17-18H,3-4,7-8,10-14H2,1-2H3,(H2,22,23,25).